The molecule has 0 saturated heterocycles. The molecule has 4 heteroatoms. The van der Waals surface area contributed by atoms with Gasteiger partial charge in [-0.2, -0.15) is 0 Å². The number of methoxy groups -OCH3 is 1. The third kappa shape index (κ3) is 5.53. The third-order valence-corrected chi connectivity index (χ3v) is 1.86. The summed E-state index contributed by atoms with van der Waals surface area (Å²) in [6.07, 6.45) is 6.02. The van der Waals surface area contributed by atoms with Crippen molar-refractivity contribution in [2.45, 2.75) is 0 Å². The number of aliphatic carboxylic acids is 1. The summed E-state index contributed by atoms with van der Waals surface area (Å²) in [6.45, 7) is 0.219. The van der Waals surface area contributed by atoms with Gasteiger partial charge in [-0.05, 0) is 17.7 Å². The molecule has 0 aliphatic carbocycles. The highest BCUT2D eigenvalue weighted by Gasteiger charge is 1.91. The predicted octanol–water partition coefficient (Wildman–Crippen LogP) is 2.32. The molecule has 0 aromatic heterocycles. The highest BCUT2D eigenvalue weighted by atomic mass is 16.7. The number of allylic oxidation sites excluding steroid dienone is 2. The topological polar surface area (TPSA) is 55.8 Å². The maximum absolute atomic E-state index is 10.2. The summed E-state index contributed by atoms with van der Waals surface area (Å²) >= 11 is 0. The molecule has 0 fully saturated rings. The van der Waals surface area contributed by atoms with Crippen molar-refractivity contribution in [3.8, 4) is 5.75 Å². The molecule has 0 atom stereocenters. The molecule has 17 heavy (non-hydrogen) atoms. The molecule has 0 spiro atoms. The first-order chi connectivity index (χ1) is 8.22. The maximum atomic E-state index is 10.2. The van der Waals surface area contributed by atoms with Crippen molar-refractivity contribution >= 4 is 12.0 Å². The third-order valence-electron chi connectivity index (χ3n) is 1.86. The van der Waals surface area contributed by atoms with Crippen LogP contribution < -0.4 is 4.74 Å². The van der Waals surface area contributed by atoms with Crippen LogP contribution in [-0.2, 0) is 9.53 Å². The lowest BCUT2D eigenvalue weighted by Gasteiger charge is -2.03. The molecule has 1 N–H and O–H groups in total. The Morgan fingerprint density at radius 2 is 2.00 bits per heavy atom. The Hall–Kier alpha value is -2.07. The second-order valence-corrected chi connectivity index (χ2v) is 3.18. The normalized spacial score (nSPS) is 11.1. The van der Waals surface area contributed by atoms with E-state index in [0.717, 1.165) is 17.4 Å². The number of rotatable bonds is 6. The second-order valence-electron chi connectivity index (χ2n) is 3.18. The van der Waals surface area contributed by atoms with Gasteiger partial charge in [0, 0.05) is 13.2 Å². The fraction of sp³-hybridized carbons (Fsp3) is 0.154. The fourth-order valence-corrected chi connectivity index (χ4v) is 1.11. The van der Waals surface area contributed by atoms with Gasteiger partial charge in [0.1, 0.15) is 5.75 Å². The van der Waals surface area contributed by atoms with Crippen molar-refractivity contribution in [2.24, 2.45) is 0 Å². The van der Waals surface area contributed by atoms with E-state index >= 15 is 0 Å². The Bertz CT molecular complexity index is 404. The van der Waals surface area contributed by atoms with Gasteiger partial charge < -0.3 is 14.6 Å². The average Bonchev–Trinajstić information content (AvgIpc) is 2.33. The molecule has 1 rings (SSSR count). The van der Waals surface area contributed by atoms with Crippen LogP contribution in [-0.4, -0.2) is 25.0 Å². The number of ether oxygens (including phenoxy) is 2. The number of carboxylic acid groups (broad SMARTS) is 1. The van der Waals surface area contributed by atoms with Crippen LogP contribution in [0.4, 0.5) is 0 Å². The number of benzene rings is 1. The summed E-state index contributed by atoms with van der Waals surface area (Å²) < 4.78 is 10.0. The molecule has 0 aliphatic heterocycles. The predicted molar refractivity (Wildman–Crippen MR) is 64.8 cm³/mol. The van der Waals surface area contributed by atoms with Gasteiger partial charge >= 0.3 is 5.97 Å². The molecule has 0 saturated carbocycles. The van der Waals surface area contributed by atoms with Crippen molar-refractivity contribution in [1.29, 1.82) is 0 Å². The zero-order valence-electron chi connectivity index (χ0n) is 9.50. The SMILES string of the molecule is COCOc1ccc(/C=C/C=C\C(=O)O)cc1. The van der Waals surface area contributed by atoms with Crippen LogP contribution in [0.15, 0.2) is 42.5 Å². The Kier molecular flexibility index (Phi) is 5.54. The van der Waals surface area contributed by atoms with Crippen molar-refractivity contribution in [3.63, 3.8) is 0 Å². The standard InChI is InChI=1S/C13H14O4/c1-16-10-17-12-8-6-11(7-9-12)4-2-3-5-13(14)15/h2-9H,10H2,1H3,(H,14,15)/b4-2+,5-3-. The van der Waals surface area contributed by atoms with Gasteiger partial charge in [0.25, 0.3) is 0 Å². The number of hydrogen-bond acceptors (Lipinski definition) is 3. The van der Waals surface area contributed by atoms with Crippen LogP contribution in [0, 0.1) is 0 Å². The molecule has 0 amide bonds. The minimum absolute atomic E-state index is 0.219. The van der Waals surface area contributed by atoms with Gasteiger partial charge in [0.2, 0.25) is 0 Å². The van der Waals surface area contributed by atoms with Crippen LogP contribution in [0.3, 0.4) is 0 Å². The lowest BCUT2D eigenvalue weighted by Crippen LogP contribution is -1.98. The summed E-state index contributed by atoms with van der Waals surface area (Å²) in [5.74, 6) is -0.233. The first-order valence-corrected chi connectivity index (χ1v) is 5.02. The minimum Gasteiger partial charge on any atom is -0.478 e. The fourth-order valence-electron chi connectivity index (χ4n) is 1.11. The minimum atomic E-state index is -0.960. The molecule has 1 aromatic rings. The van der Waals surface area contributed by atoms with Gasteiger partial charge in [-0.1, -0.05) is 30.4 Å². The van der Waals surface area contributed by atoms with E-state index in [1.165, 1.54) is 6.08 Å². The van der Waals surface area contributed by atoms with Gasteiger partial charge in [-0.25, -0.2) is 4.79 Å². The van der Waals surface area contributed by atoms with Crippen LogP contribution in [0.2, 0.25) is 0 Å². The molecule has 0 bridgehead atoms. The van der Waals surface area contributed by atoms with Crippen molar-refractivity contribution in [3.05, 3.63) is 48.1 Å². The summed E-state index contributed by atoms with van der Waals surface area (Å²) in [5, 5.41) is 8.38. The van der Waals surface area contributed by atoms with Gasteiger partial charge in [0.15, 0.2) is 6.79 Å². The summed E-state index contributed by atoms with van der Waals surface area (Å²) in [5.41, 5.74) is 0.963. The number of carboxylic acids is 1. The van der Waals surface area contributed by atoms with E-state index in [9.17, 15) is 4.79 Å². The van der Waals surface area contributed by atoms with Crippen LogP contribution in [0.1, 0.15) is 5.56 Å². The first-order valence-electron chi connectivity index (χ1n) is 5.02. The molecule has 0 radical (unpaired) electrons. The van der Waals surface area contributed by atoms with E-state index in [0.29, 0.717) is 0 Å². The largest absolute Gasteiger partial charge is 0.478 e. The smallest absolute Gasteiger partial charge is 0.328 e. The van der Waals surface area contributed by atoms with E-state index in [1.54, 1.807) is 19.3 Å². The van der Waals surface area contributed by atoms with E-state index < -0.39 is 5.97 Å². The van der Waals surface area contributed by atoms with Gasteiger partial charge in [-0.15, -0.1) is 0 Å². The highest BCUT2D eigenvalue weighted by molar-refractivity contribution is 5.80. The monoisotopic (exact) mass is 234 g/mol. The van der Waals surface area contributed by atoms with Crippen molar-refractivity contribution in [1.82, 2.24) is 0 Å². The van der Waals surface area contributed by atoms with E-state index in [1.807, 2.05) is 24.3 Å². The quantitative estimate of drug-likeness (QED) is 0.466. The van der Waals surface area contributed by atoms with Crippen molar-refractivity contribution in [2.75, 3.05) is 13.9 Å². The molecule has 0 heterocycles. The maximum Gasteiger partial charge on any atom is 0.328 e. The molecule has 0 unspecified atom stereocenters. The molecular formula is C13H14O4. The van der Waals surface area contributed by atoms with E-state index in [4.69, 9.17) is 14.6 Å². The van der Waals surface area contributed by atoms with Crippen LogP contribution in [0.5, 0.6) is 5.75 Å². The van der Waals surface area contributed by atoms with Gasteiger partial charge in [-0.3, -0.25) is 0 Å². The van der Waals surface area contributed by atoms with Crippen molar-refractivity contribution < 1.29 is 19.4 Å². The van der Waals surface area contributed by atoms with Crippen LogP contribution in [0.25, 0.3) is 6.08 Å². The summed E-state index contributed by atoms with van der Waals surface area (Å²) in [6, 6.07) is 7.38. The zero-order chi connectivity index (χ0) is 12.5. The lowest BCUT2D eigenvalue weighted by atomic mass is 10.2. The second kappa shape index (κ2) is 7.24. The molecule has 4 nitrogen and oxygen atoms in total. The first kappa shape index (κ1) is 13.0. The Morgan fingerprint density at radius 1 is 1.29 bits per heavy atom. The Balaban J connectivity index is 2.53. The van der Waals surface area contributed by atoms with Crippen LogP contribution >= 0.6 is 0 Å². The number of carbonyl (C=O) groups is 1. The zero-order valence-corrected chi connectivity index (χ0v) is 9.50. The number of hydrogen-bond donors (Lipinski definition) is 1. The van der Waals surface area contributed by atoms with E-state index in [2.05, 4.69) is 0 Å². The molecule has 0 aliphatic rings. The Morgan fingerprint density at radius 3 is 2.59 bits per heavy atom. The van der Waals surface area contributed by atoms with Gasteiger partial charge in [0.05, 0.1) is 0 Å². The molecular weight excluding hydrogens is 220 g/mol. The molecule has 1 aromatic carbocycles. The lowest BCUT2D eigenvalue weighted by molar-refractivity contribution is -0.131. The summed E-state index contributed by atoms with van der Waals surface area (Å²) in [7, 11) is 1.56. The summed E-state index contributed by atoms with van der Waals surface area (Å²) in [4.78, 5) is 10.2. The highest BCUT2D eigenvalue weighted by Crippen LogP contribution is 2.13. The van der Waals surface area contributed by atoms with E-state index in [-0.39, 0.29) is 6.79 Å². The molecule has 90 valence electrons. The Labute approximate surface area is 99.8 Å². The average molecular weight is 234 g/mol.